The highest BCUT2D eigenvalue weighted by molar-refractivity contribution is 5.93. The molecule has 3 N–H and O–H groups in total. The van der Waals surface area contributed by atoms with Crippen molar-refractivity contribution in [3.05, 3.63) is 41.6 Å². The molecule has 0 aliphatic carbocycles. The van der Waals surface area contributed by atoms with Crippen LogP contribution in [0.3, 0.4) is 0 Å². The smallest absolute Gasteiger partial charge is 0.188 e. The third-order valence-electron chi connectivity index (χ3n) is 5.92. The Hall–Kier alpha value is -3.23. The van der Waals surface area contributed by atoms with E-state index in [-0.39, 0.29) is 6.79 Å². The Morgan fingerprint density at radius 2 is 2.00 bits per heavy atom. The van der Waals surface area contributed by atoms with E-state index in [0.717, 1.165) is 40.7 Å². The Balaban J connectivity index is 1.75. The molecule has 2 heterocycles. The summed E-state index contributed by atoms with van der Waals surface area (Å²) in [4.78, 5) is 16.1. The van der Waals surface area contributed by atoms with Crippen LogP contribution in [-0.2, 0) is 4.74 Å². The number of benzene rings is 2. The zero-order chi connectivity index (χ0) is 23.5. The van der Waals surface area contributed by atoms with Crippen molar-refractivity contribution in [1.82, 2.24) is 15.3 Å². The average molecular weight is 449 g/mol. The van der Waals surface area contributed by atoms with Crippen LogP contribution in [0.2, 0.25) is 0 Å². The topological polar surface area (TPSA) is 97.9 Å². The fraction of sp³-hybridized carbons (Fsp3) is 0.400. The van der Waals surface area contributed by atoms with Gasteiger partial charge >= 0.3 is 0 Å². The van der Waals surface area contributed by atoms with Crippen LogP contribution in [0.15, 0.2) is 35.5 Å². The Morgan fingerprint density at radius 1 is 1.24 bits per heavy atom. The maximum Gasteiger partial charge on any atom is 0.188 e. The number of hydrogen-bond donors (Lipinski definition) is 2. The predicted molar refractivity (Wildman–Crippen MR) is 134 cm³/mol. The van der Waals surface area contributed by atoms with E-state index in [9.17, 15) is 0 Å². The molecule has 8 nitrogen and oxygen atoms in total. The molecule has 4 rings (SSSR count). The van der Waals surface area contributed by atoms with Crippen LogP contribution in [0.25, 0.3) is 22.3 Å². The number of rotatable bonds is 6. The summed E-state index contributed by atoms with van der Waals surface area (Å²) in [6.45, 7) is 8.40. The van der Waals surface area contributed by atoms with E-state index >= 15 is 0 Å². The van der Waals surface area contributed by atoms with E-state index in [1.165, 1.54) is 5.69 Å². The molecule has 1 aliphatic heterocycles. The maximum absolute atomic E-state index is 6.32. The lowest BCUT2D eigenvalue weighted by Gasteiger charge is -2.37. The second kappa shape index (κ2) is 9.72. The van der Waals surface area contributed by atoms with Gasteiger partial charge in [0.2, 0.25) is 0 Å². The van der Waals surface area contributed by atoms with Gasteiger partial charge in [-0.3, -0.25) is 4.99 Å². The van der Waals surface area contributed by atoms with Crippen LogP contribution in [-0.4, -0.2) is 62.3 Å². The summed E-state index contributed by atoms with van der Waals surface area (Å²) >= 11 is 0. The maximum atomic E-state index is 6.32. The van der Waals surface area contributed by atoms with E-state index in [0.29, 0.717) is 29.3 Å². The number of nitrogens with one attached hydrogen (secondary N) is 1. The Bertz CT molecular complexity index is 1170. The number of methoxy groups -OCH3 is 1. The molecule has 8 heteroatoms. The molecule has 1 saturated heterocycles. The van der Waals surface area contributed by atoms with Gasteiger partial charge in [0.25, 0.3) is 0 Å². The SMILES string of the molecule is CN=Cc1cc(-c2ncc3cc(N4C[C@H](C)N[C@@H](C)C4)ccc3n2)c(OCOC)c(C)c1N. The van der Waals surface area contributed by atoms with Crippen molar-refractivity contribution in [3.63, 3.8) is 0 Å². The molecule has 174 valence electrons. The lowest BCUT2D eigenvalue weighted by molar-refractivity contribution is 0.0511. The number of aromatic nitrogens is 2. The molecule has 0 bridgehead atoms. The van der Waals surface area contributed by atoms with Crippen molar-refractivity contribution in [1.29, 1.82) is 0 Å². The van der Waals surface area contributed by atoms with E-state index in [1.807, 2.05) is 19.2 Å². The molecular weight excluding hydrogens is 416 g/mol. The molecule has 0 saturated carbocycles. The van der Waals surface area contributed by atoms with Crippen LogP contribution in [0.5, 0.6) is 5.75 Å². The van der Waals surface area contributed by atoms with Crippen LogP contribution in [0.1, 0.15) is 25.0 Å². The van der Waals surface area contributed by atoms with Crippen molar-refractivity contribution in [3.8, 4) is 17.1 Å². The summed E-state index contributed by atoms with van der Waals surface area (Å²) in [7, 11) is 3.30. The van der Waals surface area contributed by atoms with Crippen LogP contribution >= 0.6 is 0 Å². The number of ether oxygens (including phenoxy) is 2. The monoisotopic (exact) mass is 448 g/mol. The van der Waals surface area contributed by atoms with Gasteiger partial charge in [-0.1, -0.05) is 0 Å². The first kappa shape index (κ1) is 22.9. The van der Waals surface area contributed by atoms with Crippen molar-refractivity contribution in [2.24, 2.45) is 4.99 Å². The fourth-order valence-corrected chi connectivity index (χ4v) is 4.44. The highest BCUT2D eigenvalue weighted by Crippen LogP contribution is 2.37. The number of aliphatic imine (C=N–C) groups is 1. The fourth-order valence-electron chi connectivity index (χ4n) is 4.44. The first-order chi connectivity index (χ1) is 15.9. The molecule has 3 aromatic rings. The minimum Gasteiger partial charge on any atom is -0.466 e. The highest BCUT2D eigenvalue weighted by atomic mass is 16.7. The third kappa shape index (κ3) is 4.77. The number of nitrogens with two attached hydrogens (primary N) is 1. The van der Waals surface area contributed by atoms with Crippen LogP contribution < -0.4 is 20.7 Å². The molecule has 2 atom stereocenters. The lowest BCUT2D eigenvalue weighted by atomic mass is 10.0. The number of fused-ring (bicyclic) bond motifs is 1. The van der Waals surface area contributed by atoms with Gasteiger partial charge in [0.1, 0.15) is 5.75 Å². The van der Waals surface area contributed by atoms with Gasteiger partial charge in [0, 0.05) is 79.6 Å². The van der Waals surface area contributed by atoms with Gasteiger partial charge < -0.3 is 25.4 Å². The van der Waals surface area contributed by atoms with Crippen molar-refractivity contribution >= 4 is 28.5 Å². The number of nitrogens with zero attached hydrogens (tertiary/aromatic N) is 4. The summed E-state index contributed by atoms with van der Waals surface area (Å²) in [5, 5.41) is 4.58. The van der Waals surface area contributed by atoms with Crippen molar-refractivity contribution in [2.75, 3.05) is 44.7 Å². The summed E-state index contributed by atoms with van der Waals surface area (Å²) in [6, 6.07) is 9.16. The molecule has 1 fully saturated rings. The van der Waals surface area contributed by atoms with Gasteiger partial charge in [-0.15, -0.1) is 0 Å². The minimum atomic E-state index is 0.104. The zero-order valence-electron chi connectivity index (χ0n) is 19.9. The first-order valence-corrected chi connectivity index (χ1v) is 11.2. The Kier molecular flexibility index (Phi) is 6.76. The van der Waals surface area contributed by atoms with E-state index < -0.39 is 0 Å². The zero-order valence-corrected chi connectivity index (χ0v) is 19.9. The molecule has 1 aromatic heterocycles. The van der Waals surface area contributed by atoms with Gasteiger partial charge in [0.05, 0.1) is 11.1 Å². The lowest BCUT2D eigenvalue weighted by Crippen LogP contribution is -2.54. The molecular formula is C25H32N6O2. The molecule has 2 aromatic carbocycles. The quantitative estimate of drug-likeness (QED) is 0.339. The first-order valence-electron chi connectivity index (χ1n) is 11.2. The summed E-state index contributed by atoms with van der Waals surface area (Å²) in [5.74, 6) is 1.18. The summed E-state index contributed by atoms with van der Waals surface area (Å²) in [5.41, 5.74) is 11.4. The van der Waals surface area contributed by atoms with Gasteiger partial charge in [-0.05, 0) is 45.0 Å². The standard InChI is InChI=1S/C25H32N6O2/c1-15-12-31(13-16(2)29-15)20-6-7-22-18(8-20)11-28-25(30-22)21-9-19(10-27-4)23(26)17(3)24(21)33-14-32-5/h6-11,15-16,29H,12-14,26H2,1-5H3/t15-,16-/m0/s1. The van der Waals surface area contributed by atoms with Gasteiger partial charge in [-0.2, -0.15) is 0 Å². The normalized spacial score (nSPS) is 18.9. The Morgan fingerprint density at radius 3 is 2.70 bits per heavy atom. The number of piperazine rings is 1. The summed E-state index contributed by atoms with van der Waals surface area (Å²) < 4.78 is 11.0. The predicted octanol–water partition coefficient (Wildman–Crippen LogP) is 3.41. The molecule has 0 spiro atoms. The summed E-state index contributed by atoms with van der Waals surface area (Å²) in [6.07, 6.45) is 3.60. The molecule has 0 radical (unpaired) electrons. The molecule has 33 heavy (non-hydrogen) atoms. The van der Waals surface area contributed by atoms with E-state index in [2.05, 4.69) is 52.2 Å². The molecule has 1 aliphatic rings. The molecule has 0 unspecified atom stereocenters. The second-order valence-electron chi connectivity index (χ2n) is 8.63. The van der Waals surface area contributed by atoms with Crippen molar-refractivity contribution in [2.45, 2.75) is 32.9 Å². The van der Waals surface area contributed by atoms with Crippen molar-refractivity contribution < 1.29 is 9.47 Å². The van der Waals surface area contributed by atoms with Crippen LogP contribution in [0.4, 0.5) is 11.4 Å². The molecule has 0 amide bonds. The minimum absolute atomic E-state index is 0.104. The second-order valence-corrected chi connectivity index (χ2v) is 8.63. The van der Waals surface area contributed by atoms with Gasteiger partial charge in [-0.25, -0.2) is 9.97 Å². The number of nitrogen functional groups attached to an aromatic ring is 1. The van der Waals surface area contributed by atoms with E-state index in [1.54, 1.807) is 20.4 Å². The number of anilines is 2. The largest absolute Gasteiger partial charge is 0.466 e. The third-order valence-corrected chi connectivity index (χ3v) is 5.92. The number of hydrogen-bond acceptors (Lipinski definition) is 8. The Labute approximate surface area is 194 Å². The highest BCUT2D eigenvalue weighted by Gasteiger charge is 2.22. The van der Waals surface area contributed by atoms with Gasteiger partial charge in [0.15, 0.2) is 12.6 Å². The van der Waals surface area contributed by atoms with E-state index in [4.69, 9.17) is 20.2 Å². The van der Waals surface area contributed by atoms with Crippen LogP contribution in [0, 0.1) is 6.92 Å². The average Bonchev–Trinajstić information content (AvgIpc) is 2.80.